The highest BCUT2D eigenvalue weighted by atomic mass is 127. The average molecular weight is 511 g/mol. The highest BCUT2D eigenvalue weighted by Gasteiger charge is 2.27. The first-order chi connectivity index (χ1) is 12.7. The monoisotopic (exact) mass is 511 g/mol. The van der Waals surface area contributed by atoms with Crippen molar-refractivity contribution in [3.8, 4) is 0 Å². The first kappa shape index (κ1) is 27.2. The van der Waals surface area contributed by atoms with Crippen LogP contribution in [0.3, 0.4) is 0 Å². The predicted molar refractivity (Wildman–Crippen MR) is 128 cm³/mol. The zero-order chi connectivity index (χ0) is 20.4. The van der Waals surface area contributed by atoms with Crippen LogP contribution in [0.4, 0.5) is 4.79 Å². The fraction of sp³-hybridized carbons (Fsp3) is 0.900. The molecule has 0 unspecified atom stereocenters. The number of likely N-dealkylation sites (tertiary alicyclic amines) is 1. The lowest BCUT2D eigenvalue weighted by Crippen LogP contribution is -2.48. The number of hydrogen-bond donors (Lipinski definition) is 1. The Kier molecular flexibility index (Phi) is 13.1. The second kappa shape index (κ2) is 13.5. The zero-order valence-corrected chi connectivity index (χ0v) is 21.3. The van der Waals surface area contributed by atoms with Gasteiger partial charge < -0.3 is 24.8 Å². The van der Waals surface area contributed by atoms with Gasteiger partial charge in [0.1, 0.15) is 5.60 Å². The zero-order valence-electron chi connectivity index (χ0n) is 19.0. The lowest BCUT2D eigenvalue weighted by atomic mass is 9.96. The topological polar surface area (TPSA) is 60.4 Å². The maximum atomic E-state index is 12.3. The van der Waals surface area contributed by atoms with Crippen LogP contribution in [0.1, 0.15) is 47.5 Å². The van der Waals surface area contributed by atoms with Crippen molar-refractivity contribution < 1.29 is 9.53 Å². The quantitative estimate of drug-likeness (QED) is 0.324. The van der Waals surface area contributed by atoms with Crippen LogP contribution in [0.5, 0.6) is 0 Å². The summed E-state index contributed by atoms with van der Waals surface area (Å²) in [5.41, 5.74) is -0.447. The summed E-state index contributed by atoms with van der Waals surface area (Å²) in [7, 11) is 3.97. The van der Waals surface area contributed by atoms with E-state index in [1.54, 1.807) is 0 Å². The summed E-state index contributed by atoms with van der Waals surface area (Å²) in [4.78, 5) is 23.2. The van der Waals surface area contributed by atoms with Crippen molar-refractivity contribution >= 4 is 36.0 Å². The van der Waals surface area contributed by atoms with Crippen molar-refractivity contribution in [2.75, 3.05) is 59.9 Å². The predicted octanol–water partition coefficient (Wildman–Crippen LogP) is 3.10. The second-order valence-electron chi connectivity index (χ2n) is 8.32. The third kappa shape index (κ3) is 10.1. The minimum absolute atomic E-state index is 0. The molecule has 0 atom stereocenters. The standard InChI is InChI=1S/C20H41N5O2.HI/c1-8-23(7)15-12-22-18(21-6)25-13-10-17(11-14-25)16-24(9-2)19(26)27-20(3,4)5;/h17H,8-16H2,1-7H3,(H,21,22);1H. The molecule has 0 bridgehead atoms. The Bertz CT molecular complexity index is 474. The molecule has 1 fully saturated rings. The highest BCUT2D eigenvalue weighted by molar-refractivity contribution is 14.0. The number of carbonyl (C=O) groups excluding carboxylic acids is 1. The molecule has 166 valence electrons. The molecule has 1 aliphatic heterocycles. The van der Waals surface area contributed by atoms with Gasteiger partial charge in [0.15, 0.2) is 5.96 Å². The molecule has 0 saturated carbocycles. The van der Waals surface area contributed by atoms with Gasteiger partial charge in [-0.3, -0.25) is 4.99 Å². The normalized spacial score (nSPS) is 16.0. The number of halogens is 1. The van der Waals surface area contributed by atoms with Crippen LogP contribution in [0.15, 0.2) is 4.99 Å². The third-order valence-electron chi connectivity index (χ3n) is 4.95. The number of carbonyl (C=O) groups is 1. The third-order valence-corrected chi connectivity index (χ3v) is 4.95. The van der Waals surface area contributed by atoms with E-state index in [0.717, 1.165) is 58.1 Å². The second-order valence-corrected chi connectivity index (χ2v) is 8.32. The van der Waals surface area contributed by atoms with Crippen LogP contribution in [0.25, 0.3) is 0 Å². The van der Waals surface area contributed by atoms with E-state index < -0.39 is 5.60 Å². The molecule has 0 spiro atoms. The van der Waals surface area contributed by atoms with Crippen LogP contribution in [0.2, 0.25) is 0 Å². The molecule has 1 aliphatic rings. The van der Waals surface area contributed by atoms with Crippen molar-refractivity contribution in [1.82, 2.24) is 20.0 Å². The average Bonchev–Trinajstić information content (AvgIpc) is 2.62. The smallest absolute Gasteiger partial charge is 0.410 e. The molecule has 1 heterocycles. The fourth-order valence-corrected chi connectivity index (χ4v) is 3.15. The summed E-state index contributed by atoms with van der Waals surface area (Å²) in [6.45, 7) is 16.3. The Balaban J connectivity index is 0.00000729. The van der Waals surface area contributed by atoms with Gasteiger partial charge >= 0.3 is 6.09 Å². The van der Waals surface area contributed by atoms with Crippen molar-refractivity contribution in [3.05, 3.63) is 0 Å². The molecule has 1 saturated heterocycles. The summed E-state index contributed by atoms with van der Waals surface area (Å²) in [6, 6.07) is 0. The van der Waals surface area contributed by atoms with E-state index in [4.69, 9.17) is 4.74 Å². The molecule has 0 aromatic rings. The summed E-state index contributed by atoms with van der Waals surface area (Å²) < 4.78 is 5.53. The summed E-state index contributed by atoms with van der Waals surface area (Å²) >= 11 is 0. The van der Waals surface area contributed by atoms with Gasteiger partial charge in [-0.05, 0) is 60.0 Å². The molecule has 7 nitrogen and oxygen atoms in total. The van der Waals surface area contributed by atoms with Crippen LogP contribution in [-0.2, 0) is 4.74 Å². The van der Waals surface area contributed by atoms with Crippen molar-refractivity contribution in [2.45, 2.75) is 53.1 Å². The molecule has 8 heteroatoms. The van der Waals surface area contributed by atoms with Crippen LogP contribution in [0, 0.1) is 5.92 Å². The van der Waals surface area contributed by atoms with Gasteiger partial charge in [-0.15, -0.1) is 24.0 Å². The van der Waals surface area contributed by atoms with Gasteiger partial charge in [-0.1, -0.05) is 6.92 Å². The molecular weight excluding hydrogens is 469 g/mol. The lowest BCUT2D eigenvalue weighted by molar-refractivity contribution is 0.0214. The summed E-state index contributed by atoms with van der Waals surface area (Å²) in [6.07, 6.45) is 1.92. The molecule has 0 aromatic heterocycles. The number of likely N-dealkylation sites (N-methyl/N-ethyl adjacent to an activating group) is 1. The number of guanidine groups is 1. The molecule has 0 aromatic carbocycles. The van der Waals surface area contributed by atoms with Gasteiger partial charge in [-0.2, -0.15) is 0 Å². The summed E-state index contributed by atoms with van der Waals surface area (Å²) in [5, 5.41) is 3.46. The minimum atomic E-state index is -0.447. The fourth-order valence-electron chi connectivity index (χ4n) is 3.15. The van der Waals surface area contributed by atoms with Gasteiger partial charge in [0, 0.05) is 46.3 Å². The number of aliphatic imine (C=N–C) groups is 1. The Morgan fingerprint density at radius 1 is 1.21 bits per heavy atom. The number of amides is 1. The van der Waals surface area contributed by atoms with Crippen LogP contribution >= 0.6 is 24.0 Å². The number of nitrogens with zero attached hydrogens (tertiary/aromatic N) is 4. The van der Waals surface area contributed by atoms with Crippen LogP contribution in [-0.4, -0.2) is 92.3 Å². The van der Waals surface area contributed by atoms with E-state index in [-0.39, 0.29) is 30.1 Å². The van der Waals surface area contributed by atoms with E-state index in [1.807, 2.05) is 39.6 Å². The van der Waals surface area contributed by atoms with Gasteiger partial charge in [0.25, 0.3) is 0 Å². The first-order valence-corrected chi connectivity index (χ1v) is 10.3. The SMILES string of the molecule is CCN(C)CCNC(=NC)N1CCC(CN(CC)C(=O)OC(C)(C)C)CC1.I. The van der Waals surface area contributed by atoms with Gasteiger partial charge in [-0.25, -0.2) is 4.79 Å². The maximum Gasteiger partial charge on any atom is 0.410 e. The minimum Gasteiger partial charge on any atom is -0.444 e. The molecule has 0 aliphatic carbocycles. The van der Waals surface area contributed by atoms with E-state index in [9.17, 15) is 4.79 Å². The van der Waals surface area contributed by atoms with E-state index in [2.05, 4.69) is 34.1 Å². The Hall–Kier alpha value is -0.770. The molecule has 1 amide bonds. The maximum absolute atomic E-state index is 12.3. The highest BCUT2D eigenvalue weighted by Crippen LogP contribution is 2.20. The molecule has 0 radical (unpaired) electrons. The number of piperidine rings is 1. The van der Waals surface area contributed by atoms with Crippen molar-refractivity contribution in [3.63, 3.8) is 0 Å². The Morgan fingerprint density at radius 2 is 1.82 bits per heavy atom. The summed E-state index contributed by atoms with van der Waals surface area (Å²) in [5.74, 6) is 1.50. The number of rotatable bonds is 7. The van der Waals surface area contributed by atoms with Gasteiger partial charge in [0.2, 0.25) is 0 Å². The van der Waals surface area contributed by atoms with Gasteiger partial charge in [0.05, 0.1) is 0 Å². The van der Waals surface area contributed by atoms with E-state index in [1.165, 1.54) is 0 Å². The molecule has 1 N–H and O–H groups in total. The Labute approximate surface area is 189 Å². The first-order valence-electron chi connectivity index (χ1n) is 10.3. The molecule has 28 heavy (non-hydrogen) atoms. The van der Waals surface area contributed by atoms with E-state index >= 15 is 0 Å². The van der Waals surface area contributed by atoms with Crippen molar-refractivity contribution in [1.29, 1.82) is 0 Å². The number of ether oxygens (including phenoxy) is 1. The van der Waals surface area contributed by atoms with E-state index in [0.29, 0.717) is 12.5 Å². The largest absolute Gasteiger partial charge is 0.444 e. The lowest BCUT2D eigenvalue weighted by Gasteiger charge is -2.36. The number of nitrogens with one attached hydrogen (secondary N) is 1. The van der Waals surface area contributed by atoms with Crippen molar-refractivity contribution in [2.24, 2.45) is 10.9 Å². The molecule has 1 rings (SSSR count). The molecular formula is C20H42IN5O2. The number of hydrogen-bond acceptors (Lipinski definition) is 4. The Morgan fingerprint density at radius 3 is 2.29 bits per heavy atom. The van der Waals surface area contributed by atoms with Crippen LogP contribution < -0.4 is 5.32 Å².